The van der Waals surface area contributed by atoms with Gasteiger partial charge in [0.1, 0.15) is 17.5 Å². The third-order valence-corrected chi connectivity index (χ3v) is 3.56. The zero-order valence-corrected chi connectivity index (χ0v) is 12.5. The minimum Gasteiger partial charge on any atom is -0.319 e. The van der Waals surface area contributed by atoms with Crippen molar-refractivity contribution in [1.82, 2.24) is 0 Å². The first-order valence-corrected chi connectivity index (χ1v) is 6.68. The van der Waals surface area contributed by atoms with E-state index in [1.807, 2.05) is 0 Å². The number of hydrogen-bond acceptors (Lipinski definition) is 1. The molecule has 0 bridgehead atoms. The molecule has 1 N–H and O–H groups in total. The number of hydrogen-bond donors (Lipinski definition) is 1. The van der Waals surface area contributed by atoms with Crippen molar-refractivity contribution in [3.8, 4) is 0 Å². The maximum Gasteiger partial charge on any atom is 0.256 e. The summed E-state index contributed by atoms with van der Waals surface area (Å²) in [7, 11) is 0. The number of carbonyl (C=O) groups excluding carboxylic acids is 1. The fourth-order valence-corrected chi connectivity index (χ4v) is 2.33. The van der Waals surface area contributed by atoms with E-state index < -0.39 is 23.4 Å². The van der Waals surface area contributed by atoms with Gasteiger partial charge in [-0.3, -0.25) is 4.79 Å². The Kier molecular flexibility index (Phi) is 4.32. The van der Waals surface area contributed by atoms with Gasteiger partial charge in [0, 0.05) is 9.64 Å². The fraction of sp³-hybridized carbons (Fsp3) is 0.0714. The van der Waals surface area contributed by atoms with Crippen molar-refractivity contribution in [1.29, 1.82) is 0 Å². The average Bonchev–Trinajstić information content (AvgIpc) is 2.35. The molecule has 0 saturated heterocycles. The minimum absolute atomic E-state index is 0.150. The first kappa shape index (κ1) is 14.8. The van der Waals surface area contributed by atoms with Crippen molar-refractivity contribution in [3.05, 3.63) is 62.5 Å². The molecule has 6 heteroatoms. The van der Waals surface area contributed by atoms with Gasteiger partial charge in [0.2, 0.25) is 0 Å². The Morgan fingerprint density at radius 3 is 2.45 bits per heavy atom. The van der Waals surface area contributed by atoms with Crippen LogP contribution in [0.15, 0.2) is 30.3 Å². The predicted molar refractivity (Wildman–Crippen MR) is 78.2 cm³/mol. The molecule has 0 saturated carbocycles. The number of rotatable bonds is 2. The van der Waals surface area contributed by atoms with Gasteiger partial charge >= 0.3 is 0 Å². The van der Waals surface area contributed by atoms with Gasteiger partial charge in [-0.1, -0.05) is 0 Å². The molecule has 2 aromatic rings. The summed E-state index contributed by atoms with van der Waals surface area (Å²) in [5.41, 5.74) is 0.0856. The van der Waals surface area contributed by atoms with Crippen molar-refractivity contribution in [3.63, 3.8) is 0 Å². The van der Waals surface area contributed by atoms with E-state index in [0.717, 1.165) is 18.2 Å². The Labute approximate surface area is 127 Å². The SMILES string of the molecule is Cc1cc(F)c(NC(=O)c2ccc(F)cc2I)cc1F. The number of halogens is 4. The maximum atomic E-state index is 13.6. The van der Waals surface area contributed by atoms with Gasteiger partial charge in [-0.25, -0.2) is 13.2 Å². The fourth-order valence-electron chi connectivity index (χ4n) is 1.61. The normalized spacial score (nSPS) is 10.4. The Bertz CT molecular complexity index is 688. The molecule has 0 fully saturated rings. The molecule has 2 aromatic carbocycles. The van der Waals surface area contributed by atoms with Crippen LogP contribution in [0, 0.1) is 27.9 Å². The van der Waals surface area contributed by atoms with E-state index in [4.69, 9.17) is 0 Å². The van der Waals surface area contributed by atoms with Crippen LogP contribution in [-0.2, 0) is 0 Å². The van der Waals surface area contributed by atoms with Gasteiger partial charge in [-0.2, -0.15) is 0 Å². The molecule has 0 spiro atoms. The highest BCUT2D eigenvalue weighted by molar-refractivity contribution is 14.1. The average molecular weight is 391 g/mol. The minimum atomic E-state index is -0.727. The largest absolute Gasteiger partial charge is 0.319 e. The molecule has 20 heavy (non-hydrogen) atoms. The Balaban J connectivity index is 2.30. The summed E-state index contributed by atoms with van der Waals surface area (Å²) in [6.45, 7) is 1.42. The molecule has 2 nitrogen and oxygen atoms in total. The lowest BCUT2D eigenvalue weighted by molar-refractivity contribution is 0.102. The Morgan fingerprint density at radius 1 is 1.10 bits per heavy atom. The maximum absolute atomic E-state index is 13.6. The molecule has 0 heterocycles. The van der Waals surface area contributed by atoms with E-state index in [0.29, 0.717) is 3.57 Å². The van der Waals surface area contributed by atoms with E-state index in [2.05, 4.69) is 5.32 Å². The lowest BCUT2D eigenvalue weighted by Crippen LogP contribution is -2.15. The van der Waals surface area contributed by atoms with Crippen molar-refractivity contribution in [2.24, 2.45) is 0 Å². The van der Waals surface area contributed by atoms with E-state index in [1.54, 1.807) is 22.6 Å². The standard InChI is InChI=1S/C14H9F3INO/c1-7-4-11(17)13(6-10(7)16)19-14(20)9-3-2-8(15)5-12(9)18/h2-6H,1H3,(H,19,20). The molecule has 0 aliphatic rings. The van der Waals surface area contributed by atoms with Crippen LogP contribution in [0.3, 0.4) is 0 Å². The van der Waals surface area contributed by atoms with Crippen LogP contribution in [-0.4, -0.2) is 5.91 Å². The Morgan fingerprint density at radius 2 is 1.80 bits per heavy atom. The Hall–Kier alpha value is -1.57. The highest BCUT2D eigenvalue weighted by atomic mass is 127. The van der Waals surface area contributed by atoms with Crippen molar-refractivity contribution >= 4 is 34.2 Å². The summed E-state index contributed by atoms with van der Waals surface area (Å²) in [6, 6.07) is 5.51. The lowest BCUT2D eigenvalue weighted by Gasteiger charge is -2.09. The monoisotopic (exact) mass is 391 g/mol. The summed E-state index contributed by atoms with van der Waals surface area (Å²) in [5, 5.41) is 2.27. The molecular weight excluding hydrogens is 382 g/mol. The summed E-state index contributed by atoms with van der Waals surface area (Å²) >= 11 is 1.80. The van der Waals surface area contributed by atoms with Crippen LogP contribution < -0.4 is 5.32 Å². The quantitative estimate of drug-likeness (QED) is 0.762. The van der Waals surface area contributed by atoms with Crippen LogP contribution in [0.1, 0.15) is 15.9 Å². The van der Waals surface area contributed by atoms with Gasteiger partial charge < -0.3 is 5.32 Å². The van der Waals surface area contributed by atoms with E-state index in [9.17, 15) is 18.0 Å². The van der Waals surface area contributed by atoms with E-state index >= 15 is 0 Å². The summed E-state index contributed by atoms with van der Waals surface area (Å²) in [5.74, 6) is -2.44. The molecule has 1 amide bonds. The summed E-state index contributed by atoms with van der Waals surface area (Å²) in [4.78, 5) is 12.0. The highest BCUT2D eigenvalue weighted by Gasteiger charge is 2.14. The van der Waals surface area contributed by atoms with Crippen LogP contribution in [0.25, 0.3) is 0 Å². The van der Waals surface area contributed by atoms with Crippen molar-refractivity contribution < 1.29 is 18.0 Å². The van der Waals surface area contributed by atoms with Gasteiger partial charge in [0.15, 0.2) is 0 Å². The highest BCUT2D eigenvalue weighted by Crippen LogP contribution is 2.21. The third-order valence-electron chi connectivity index (χ3n) is 2.67. The number of carbonyl (C=O) groups is 1. The zero-order chi connectivity index (χ0) is 14.9. The second-order valence-electron chi connectivity index (χ2n) is 4.16. The van der Waals surface area contributed by atoms with Gasteiger partial charge in [0.25, 0.3) is 5.91 Å². The molecular formula is C14H9F3INO. The van der Waals surface area contributed by atoms with Crippen LogP contribution in [0.2, 0.25) is 0 Å². The second-order valence-corrected chi connectivity index (χ2v) is 5.32. The molecule has 0 aromatic heterocycles. The van der Waals surface area contributed by atoms with Crippen molar-refractivity contribution in [2.45, 2.75) is 6.92 Å². The van der Waals surface area contributed by atoms with Gasteiger partial charge in [0.05, 0.1) is 11.3 Å². The second kappa shape index (κ2) is 5.82. The van der Waals surface area contributed by atoms with Gasteiger partial charge in [-0.15, -0.1) is 0 Å². The van der Waals surface area contributed by atoms with Crippen molar-refractivity contribution in [2.75, 3.05) is 5.32 Å². The third kappa shape index (κ3) is 3.12. The summed E-state index contributed by atoms with van der Waals surface area (Å²) in [6.07, 6.45) is 0. The van der Waals surface area contributed by atoms with Crippen LogP contribution in [0.5, 0.6) is 0 Å². The molecule has 0 aliphatic carbocycles. The first-order chi connectivity index (χ1) is 9.38. The van der Waals surface area contributed by atoms with E-state index in [-0.39, 0.29) is 16.8 Å². The number of anilines is 1. The predicted octanol–water partition coefficient (Wildman–Crippen LogP) is 4.27. The number of benzene rings is 2. The number of aryl methyl sites for hydroxylation is 1. The number of amides is 1. The van der Waals surface area contributed by atoms with Crippen LogP contribution in [0.4, 0.5) is 18.9 Å². The molecule has 2 rings (SSSR count). The number of nitrogens with one attached hydrogen (secondary N) is 1. The molecule has 104 valence electrons. The molecule has 0 unspecified atom stereocenters. The molecule has 0 atom stereocenters. The van der Waals surface area contributed by atoms with E-state index in [1.165, 1.54) is 19.1 Å². The topological polar surface area (TPSA) is 29.1 Å². The smallest absolute Gasteiger partial charge is 0.256 e. The van der Waals surface area contributed by atoms with Gasteiger partial charge in [-0.05, 0) is 59.3 Å². The zero-order valence-electron chi connectivity index (χ0n) is 10.3. The summed E-state index contributed by atoms with van der Waals surface area (Å²) < 4.78 is 40.3. The lowest BCUT2D eigenvalue weighted by atomic mass is 10.1. The molecule has 0 aliphatic heterocycles. The first-order valence-electron chi connectivity index (χ1n) is 5.60. The van der Waals surface area contributed by atoms with Crippen LogP contribution >= 0.6 is 22.6 Å². The molecule has 0 radical (unpaired) electrons.